The number of hydrogen-bond acceptors (Lipinski definition) is 4. The van der Waals surface area contributed by atoms with Crippen molar-refractivity contribution in [2.45, 2.75) is 51.6 Å². The Labute approximate surface area is 112 Å². The minimum atomic E-state index is 0.516. The molecule has 1 fully saturated rings. The monoisotopic (exact) mass is 258 g/mol. The first-order valence-electron chi connectivity index (χ1n) is 7.45. The van der Waals surface area contributed by atoms with E-state index in [9.17, 15) is 0 Å². The van der Waals surface area contributed by atoms with Crippen molar-refractivity contribution in [3.05, 3.63) is 0 Å². The number of ether oxygens (including phenoxy) is 2. The van der Waals surface area contributed by atoms with Gasteiger partial charge in [-0.3, -0.25) is 0 Å². The summed E-state index contributed by atoms with van der Waals surface area (Å²) in [5.74, 6) is 0. The first-order chi connectivity index (χ1) is 8.83. The molecule has 0 saturated carbocycles. The molecular weight excluding hydrogens is 228 g/mol. The zero-order valence-corrected chi connectivity index (χ0v) is 12.0. The molecule has 0 aromatic heterocycles. The fourth-order valence-corrected chi connectivity index (χ4v) is 2.15. The van der Waals surface area contributed by atoms with Crippen LogP contribution in [0.25, 0.3) is 0 Å². The Morgan fingerprint density at radius 3 is 2.94 bits per heavy atom. The first-order valence-corrected chi connectivity index (χ1v) is 7.45. The molecule has 108 valence electrons. The van der Waals surface area contributed by atoms with Crippen LogP contribution in [-0.4, -0.2) is 51.6 Å². The Morgan fingerprint density at radius 2 is 2.22 bits per heavy atom. The highest BCUT2D eigenvalue weighted by Gasteiger charge is 2.15. The normalized spacial score (nSPS) is 22.0. The van der Waals surface area contributed by atoms with Gasteiger partial charge in [0.2, 0.25) is 0 Å². The molecule has 2 unspecified atom stereocenters. The van der Waals surface area contributed by atoms with Crippen LogP contribution in [0, 0.1) is 0 Å². The zero-order valence-electron chi connectivity index (χ0n) is 12.0. The SMILES string of the molecule is CCCCOCCCNC(C)CC1COCCN1. The molecule has 0 aliphatic carbocycles. The summed E-state index contributed by atoms with van der Waals surface area (Å²) in [6, 6.07) is 1.06. The number of nitrogens with one attached hydrogen (secondary N) is 2. The van der Waals surface area contributed by atoms with Crippen molar-refractivity contribution >= 4 is 0 Å². The lowest BCUT2D eigenvalue weighted by molar-refractivity contribution is 0.0710. The summed E-state index contributed by atoms with van der Waals surface area (Å²) in [5.41, 5.74) is 0. The van der Waals surface area contributed by atoms with Gasteiger partial charge < -0.3 is 20.1 Å². The Kier molecular flexibility index (Phi) is 9.48. The van der Waals surface area contributed by atoms with E-state index >= 15 is 0 Å². The largest absolute Gasteiger partial charge is 0.381 e. The van der Waals surface area contributed by atoms with Crippen molar-refractivity contribution in [1.82, 2.24) is 10.6 Å². The summed E-state index contributed by atoms with van der Waals surface area (Å²) in [5, 5.41) is 7.03. The van der Waals surface area contributed by atoms with Gasteiger partial charge in [-0.25, -0.2) is 0 Å². The fraction of sp³-hybridized carbons (Fsp3) is 1.00. The van der Waals surface area contributed by atoms with Gasteiger partial charge in [-0.15, -0.1) is 0 Å². The van der Waals surface area contributed by atoms with Gasteiger partial charge >= 0.3 is 0 Å². The lowest BCUT2D eigenvalue weighted by Crippen LogP contribution is -2.45. The summed E-state index contributed by atoms with van der Waals surface area (Å²) in [4.78, 5) is 0. The van der Waals surface area contributed by atoms with Crippen molar-refractivity contribution in [3.8, 4) is 0 Å². The number of rotatable bonds is 10. The van der Waals surface area contributed by atoms with Crippen molar-refractivity contribution in [3.63, 3.8) is 0 Å². The van der Waals surface area contributed by atoms with E-state index in [0.717, 1.165) is 52.4 Å². The molecule has 0 spiro atoms. The third-order valence-corrected chi connectivity index (χ3v) is 3.24. The average Bonchev–Trinajstić information content (AvgIpc) is 2.39. The van der Waals surface area contributed by atoms with Gasteiger partial charge in [0.25, 0.3) is 0 Å². The van der Waals surface area contributed by atoms with Crippen LogP contribution in [0.15, 0.2) is 0 Å². The van der Waals surface area contributed by atoms with Gasteiger partial charge in [-0.1, -0.05) is 13.3 Å². The van der Waals surface area contributed by atoms with E-state index in [-0.39, 0.29) is 0 Å². The van der Waals surface area contributed by atoms with E-state index in [1.807, 2.05) is 0 Å². The van der Waals surface area contributed by atoms with E-state index < -0.39 is 0 Å². The molecule has 0 bridgehead atoms. The van der Waals surface area contributed by atoms with Crippen LogP contribution in [-0.2, 0) is 9.47 Å². The van der Waals surface area contributed by atoms with Gasteiger partial charge in [0.05, 0.1) is 13.2 Å². The van der Waals surface area contributed by atoms with Gasteiger partial charge in [0, 0.05) is 31.8 Å². The lowest BCUT2D eigenvalue weighted by Gasteiger charge is -2.26. The maximum absolute atomic E-state index is 5.53. The zero-order chi connectivity index (χ0) is 13.1. The summed E-state index contributed by atoms with van der Waals surface area (Å²) < 4.78 is 11.0. The summed E-state index contributed by atoms with van der Waals surface area (Å²) in [7, 11) is 0. The molecule has 1 aliphatic heterocycles. The molecule has 4 heteroatoms. The Hall–Kier alpha value is -0.160. The van der Waals surface area contributed by atoms with Crippen molar-refractivity contribution < 1.29 is 9.47 Å². The molecule has 0 aromatic carbocycles. The van der Waals surface area contributed by atoms with E-state index in [2.05, 4.69) is 24.5 Å². The van der Waals surface area contributed by atoms with E-state index in [1.54, 1.807) is 0 Å². The van der Waals surface area contributed by atoms with Crippen molar-refractivity contribution in [1.29, 1.82) is 0 Å². The number of morpholine rings is 1. The highest BCUT2D eigenvalue weighted by molar-refractivity contribution is 4.75. The molecule has 1 aliphatic rings. The standard InChI is InChI=1S/C14H30N2O2/c1-3-4-8-17-9-5-6-15-13(2)11-14-12-18-10-7-16-14/h13-16H,3-12H2,1-2H3. The second-order valence-electron chi connectivity index (χ2n) is 5.14. The first kappa shape index (κ1) is 15.9. The second kappa shape index (κ2) is 10.7. The number of unbranched alkanes of at least 4 members (excludes halogenated alkanes) is 1. The third kappa shape index (κ3) is 8.03. The Bertz CT molecular complexity index is 185. The van der Waals surface area contributed by atoms with Crippen LogP contribution in [0.5, 0.6) is 0 Å². The van der Waals surface area contributed by atoms with Gasteiger partial charge in [0.1, 0.15) is 0 Å². The van der Waals surface area contributed by atoms with Gasteiger partial charge in [-0.05, 0) is 32.7 Å². The molecule has 0 aromatic rings. The molecule has 0 amide bonds. The van der Waals surface area contributed by atoms with Crippen LogP contribution in [0.1, 0.15) is 39.5 Å². The van der Waals surface area contributed by atoms with Crippen molar-refractivity contribution in [2.75, 3.05) is 39.5 Å². The molecule has 0 radical (unpaired) electrons. The molecule has 1 rings (SSSR count). The fourth-order valence-electron chi connectivity index (χ4n) is 2.15. The van der Waals surface area contributed by atoms with Gasteiger partial charge in [-0.2, -0.15) is 0 Å². The minimum Gasteiger partial charge on any atom is -0.381 e. The van der Waals surface area contributed by atoms with Crippen LogP contribution in [0.2, 0.25) is 0 Å². The highest BCUT2D eigenvalue weighted by atomic mass is 16.5. The van der Waals surface area contributed by atoms with Crippen LogP contribution < -0.4 is 10.6 Å². The quantitative estimate of drug-likeness (QED) is 0.584. The van der Waals surface area contributed by atoms with Crippen molar-refractivity contribution in [2.24, 2.45) is 0 Å². The predicted molar refractivity (Wildman–Crippen MR) is 75.0 cm³/mol. The highest BCUT2D eigenvalue weighted by Crippen LogP contribution is 2.02. The topological polar surface area (TPSA) is 42.5 Å². The third-order valence-electron chi connectivity index (χ3n) is 3.24. The lowest BCUT2D eigenvalue weighted by atomic mass is 10.1. The van der Waals surface area contributed by atoms with E-state index in [0.29, 0.717) is 12.1 Å². The van der Waals surface area contributed by atoms with E-state index in [4.69, 9.17) is 9.47 Å². The molecular formula is C14H30N2O2. The predicted octanol–water partition coefficient (Wildman–Crippen LogP) is 1.55. The molecule has 2 atom stereocenters. The second-order valence-corrected chi connectivity index (χ2v) is 5.14. The maximum atomic E-state index is 5.53. The molecule has 4 nitrogen and oxygen atoms in total. The summed E-state index contributed by atoms with van der Waals surface area (Å²) in [6.45, 7) is 9.97. The average molecular weight is 258 g/mol. The minimum absolute atomic E-state index is 0.516. The molecule has 1 heterocycles. The van der Waals surface area contributed by atoms with E-state index in [1.165, 1.54) is 12.8 Å². The maximum Gasteiger partial charge on any atom is 0.0620 e. The van der Waals surface area contributed by atoms with Crippen LogP contribution >= 0.6 is 0 Å². The molecule has 1 saturated heterocycles. The molecule has 2 N–H and O–H groups in total. The smallest absolute Gasteiger partial charge is 0.0620 e. The summed E-state index contributed by atoms with van der Waals surface area (Å²) in [6.07, 6.45) is 4.63. The Balaban J connectivity index is 1.88. The molecule has 18 heavy (non-hydrogen) atoms. The Morgan fingerprint density at radius 1 is 1.39 bits per heavy atom. The van der Waals surface area contributed by atoms with Crippen LogP contribution in [0.3, 0.4) is 0 Å². The number of hydrogen-bond donors (Lipinski definition) is 2. The van der Waals surface area contributed by atoms with Crippen LogP contribution in [0.4, 0.5) is 0 Å². The van der Waals surface area contributed by atoms with Gasteiger partial charge in [0.15, 0.2) is 0 Å². The summed E-state index contributed by atoms with van der Waals surface area (Å²) >= 11 is 0.